The Morgan fingerprint density at radius 1 is 0.833 bits per heavy atom. The van der Waals surface area contributed by atoms with Gasteiger partial charge in [-0.1, -0.05) is 18.2 Å². The van der Waals surface area contributed by atoms with Crippen LogP contribution in [-0.4, -0.2) is 19.6 Å². The molecule has 24 heavy (non-hydrogen) atoms. The summed E-state index contributed by atoms with van der Waals surface area (Å²) in [5.74, 6) is 0. The molecule has 2 heterocycles. The molecule has 2 aromatic heterocycles. The second kappa shape index (κ2) is 6.95. The van der Waals surface area contributed by atoms with E-state index in [2.05, 4.69) is 83.9 Å². The number of benzene rings is 1. The molecule has 0 unspecified atom stereocenters. The number of hydrogen-bond acceptors (Lipinski definition) is 2. The molecule has 0 fully saturated rings. The minimum absolute atomic E-state index is 0.381. The van der Waals surface area contributed by atoms with Gasteiger partial charge in [0.05, 0.1) is 13.1 Å². The van der Waals surface area contributed by atoms with Crippen molar-refractivity contribution in [2.45, 2.75) is 52.9 Å². The summed E-state index contributed by atoms with van der Waals surface area (Å²) in [6.07, 6.45) is 7.87. The third-order valence-corrected chi connectivity index (χ3v) is 3.98. The predicted octanol–water partition coefficient (Wildman–Crippen LogP) is 1.91. The highest BCUT2D eigenvalue weighted by Crippen LogP contribution is 2.06. The van der Waals surface area contributed by atoms with Crippen molar-refractivity contribution in [2.24, 2.45) is 0 Å². The summed E-state index contributed by atoms with van der Waals surface area (Å²) in [7, 11) is 0. The highest BCUT2D eigenvalue weighted by Gasteiger charge is 2.11. The monoisotopic (exact) mass is 326 g/mol. The third kappa shape index (κ3) is 3.88. The van der Waals surface area contributed by atoms with E-state index >= 15 is 0 Å². The van der Waals surface area contributed by atoms with E-state index < -0.39 is 0 Å². The van der Waals surface area contributed by atoms with Crippen molar-refractivity contribution < 1.29 is 9.13 Å². The molecule has 0 saturated heterocycles. The van der Waals surface area contributed by atoms with Crippen LogP contribution in [0.15, 0.2) is 49.6 Å². The number of rotatable bonds is 6. The van der Waals surface area contributed by atoms with E-state index in [-0.39, 0.29) is 0 Å². The van der Waals surface area contributed by atoms with Crippen LogP contribution in [-0.2, 0) is 13.1 Å². The molecule has 0 spiro atoms. The molecule has 0 aliphatic carbocycles. The van der Waals surface area contributed by atoms with Crippen LogP contribution in [0.4, 0.5) is 0 Å². The van der Waals surface area contributed by atoms with Crippen molar-refractivity contribution in [1.29, 1.82) is 0 Å². The molecule has 6 nitrogen and oxygen atoms in total. The summed E-state index contributed by atoms with van der Waals surface area (Å²) in [6.45, 7) is 10.2. The fourth-order valence-electron chi connectivity index (χ4n) is 2.62. The van der Waals surface area contributed by atoms with Gasteiger partial charge in [-0.05, 0) is 44.9 Å². The molecule has 3 aromatic rings. The van der Waals surface area contributed by atoms with Gasteiger partial charge in [0.25, 0.3) is 12.7 Å². The van der Waals surface area contributed by atoms with Crippen molar-refractivity contribution in [2.75, 3.05) is 0 Å². The lowest BCUT2D eigenvalue weighted by molar-refractivity contribution is -0.690. The zero-order chi connectivity index (χ0) is 17.1. The normalized spacial score (nSPS) is 11.6. The van der Waals surface area contributed by atoms with Crippen molar-refractivity contribution in [3.05, 3.63) is 60.7 Å². The molecule has 0 atom stereocenters. The molecular formula is C18H26N6+2. The quantitative estimate of drug-likeness (QED) is 0.650. The molecule has 0 aliphatic heterocycles. The first kappa shape index (κ1) is 16.4. The lowest BCUT2D eigenvalue weighted by Gasteiger charge is -2.03. The third-order valence-electron chi connectivity index (χ3n) is 3.98. The predicted molar refractivity (Wildman–Crippen MR) is 90.3 cm³/mol. The Bertz CT molecular complexity index is 736. The summed E-state index contributed by atoms with van der Waals surface area (Å²) in [5.41, 5.74) is 2.55. The summed E-state index contributed by atoms with van der Waals surface area (Å²) < 4.78 is 8.17. The van der Waals surface area contributed by atoms with Crippen LogP contribution in [0.5, 0.6) is 0 Å². The first-order chi connectivity index (χ1) is 11.5. The van der Waals surface area contributed by atoms with Gasteiger partial charge >= 0.3 is 0 Å². The van der Waals surface area contributed by atoms with Gasteiger partial charge in [0.2, 0.25) is 12.7 Å². The SMILES string of the molecule is CC(C)n1c[n+](Cc2cccc(C[n+]3cnn(C(C)C)c3)c2)cn1. The van der Waals surface area contributed by atoms with Crippen molar-refractivity contribution in [1.82, 2.24) is 19.6 Å². The first-order valence-corrected chi connectivity index (χ1v) is 8.45. The molecule has 0 bridgehead atoms. The fraction of sp³-hybridized carbons (Fsp3) is 0.444. The molecule has 0 radical (unpaired) electrons. The van der Waals surface area contributed by atoms with E-state index in [1.165, 1.54) is 11.1 Å². The Kier molecular flexibility index (Phi) is 4.74. The largest absolute Gasteiger partial charge is 0.265 e. The molecule has 3 rings (SSSR count). The van der Waals surface area contributed by atoms with Crippen LogP contribution >= 0.6 is 0 Å². The summed E-state index contributed by atoms with van der Waals surface area (Å²) in [5, 5.41) is 8.77. The van der Waals surface area contributed by atoms with E-state index in [0.29, 0.717) is 12.1 Å². The van der Waals surface area contributed by atoms with Crippen LogP contribution < -0.4 is 9.13 Å². The Morgan fingerprint density at radius 3 is 1.67 bits per heavy atom. The lowest BCUT2D eigenvalue weighted by Crippen LogP contribution is -2.33. The Balaban J connectivity index is 1.71. The average molecular weight is 326 g/mol. The Labute approximate surface area is 143 Å². The number of nitrogens with zero attached hydrogens (tertiary/aromatic N) is 6. The average Bonchev–Trinajstić information content (AvgIpc) is 3.17. The summed E-state index contributed by atoms with van der Waals surface area (Å²) in [4.78, 5) is 0. The number of hydrogen-bond donors (Lipinski definition) is 0. The molecule has 126 valence electrons. The topological polar surface area (TPSA) is 43.4 Å². The van der Waals surface area contributed by atoms with Crippen LogP contribution in [0.25, 0.3) is 0 Å². The molecule has 0 aliphatic rings. The van der Waals surface area contributed by atoms with Crippen molar-refractivity contribution in [3.8, 4) is 0 Å². The smallest absolute Gasteiger partial charge is 0.233 e. The van der Waals surface area contributed by atoms with Gasteiger partial charge in [-0.3, -0.25) is 0 Å². The second-order valence-corrected chi connectivity index (χ2v) is 6.80. The van der Waals surface area contributed by atoms with E-state index in [1.54, 1.807) is 0 Å². The van der Waals surface area contributed by atoms with E-state index in [4.69, 9.17) is 0 Å². The summed E-state index contributed by atoms with van der Waals surface area (Å²) in [6, 6.07) is 9.44. The maximum Gasteiger partial charge on any atom is 0.265 e. The molecule has 0 saturated carbocycles. The second-order valence-electron chi connectivity index (χ2n) is 6.80. The molecule has 6 heteroatoms. The van der Waals surface area contributed by atoms with Gasteiger partial charge in [0, 0.05) is 10.2 Å². The molecular weight excluding hydrogens is 300 g/mol. The van der Waals surface area contributed by atoms with Crippen LogP contribution in [0, 0.1) is 0 Å². The van der Waals surface area contributed by atoms with Gasteiger partial charge in [0.1, 0.15) is 12.1 Å². The highest BCUT2D eigenvalue weighted by molar-refractivity contribution is 5.22. The number of aromatic nitrogens is 6. The van der Waals surface area contributed by atoms with Gasteiger partial charge in [-0.2, -0.15) is 0 Å². The van der Waals surface area contributed by atoms with Crippen LogP contribution in [0.2, 0.25) is 0 Å². The van der Waals surface area contributed by atoms with Crippen LogP contribution in [0.3, 0.4) is 0 Å². The van der Waals surface area contributed by atoms with Crippen molar-refractivity contribution >= 4 is 0 Å². The minimum atomic E-state index is 0.381. The highest BCUT2D eigenvalue weighted by atomic mass is 15.4. The van der Waals surface area contributed by atoms with E-state index in [9.17, 15) is 0 Å². The van der Waals surface area contributed by atoms with Crippen molar-refractivity contribution in [3.63, 3.8) is 0 Å². The first-order valence-electron chi connectivity index (χ1n) is 8.45. The van der Waals surface area contributed by atoms with Gasteiger partial charge < -0.3 is 0 Å². The fourth-order valence-corrected chi connectivity index (χ4v) is 2.62. The van der Waals surface area contributed by atoms with Gasteiger partial charge in [-0.25, -0.2) is 9.13 Å². The Hall–Kier alpha value is -2.50. The van der Waals surface area contributed by atoms with Crippen LogP contribution in [0.1, 0.15) is 50.9 Å². The molecule has 0 N–H and O–H groups in total. The zero-order valence-corrected chi connectivity index (χ0v) is 14.9. The standard InChI is InChI=1S/C18H26N6/c1-15(2)23-13-21(11-19-23)9-17-6-5-7-18(8-17)10-22-12-20-24(14-22)16(3)4/h5-8,11-16H,9-10H2,1-4H3/q+2. The maximum atomic E-state index is 4.39. The minimum Gasteiger partial charge on any atom is -0.233 e. The summed E-state index contributed by atoms with van der Waals surface area (Å²) >= 11 is 0. The Morgan fingerprint density at radius 2 is 1.29 bits per heavy atom. The van der Waals surface area contributed by atoms with Gasteiger partial charge in [0.15, 0.2) is 0 Å². The molecule has 0 amide bonds. The van der Waals surface area contributed by atoms with E-state index in [0.717, 1.165) is 13.1 Å². The van der Waals surface area contributed by atoms with E-state index in [1.807, 2.05) is 22.0 Å². The lowest BCUT2D eigenvalue weighted by atomic mass is 10.1. The molecule has 1 aromatic carbocycles. The van der Waals surface area contributed by atoms with Gasteiger partial charge in [-0.15, -0.1) is 9.36 Å². The maximum absolute atomic E-state index is 4.39. The zero-order valence-electron chi connectivity index (χ0n) is 14.9.